The molecule has 0 radical (unpaired) electrons. The second-order valence-corrected chi connectivity index (χ2v) is 3.88. The summed E-state index contributed by atoms with van der Waals surface area (Å²) in [5.74, 6) is -0.763. The van der Waals surface area contributed by atoms with Gasteiger partial charge in [-0.15, -0.1) is 11.6 Å². The van der Waals surface area contributed by atoms with Gasteiger partial charge in [0.1, 0.15) is 5.52 Å². The molecule has 0 unspecified atom stereocenters. The van der Waals surface area contributed by atoms with Crippen molar-refractivity contribution in [3.8, 4) is 0 Å². The lowest BCUT2D eigenvalue weighted by molar-refractivity contribution is -0.137. The Balaban J connectivity index is 2.62. The minimum Gasteiger partial charge on any atom is -0.309 e. The topological polar surface area (TPSA) is 47.8 Å². The molecule has 2 aromatic rings. The van der Waals surface area contributed by atoms with Crippen molar-refractivity contribution in [2.24, 2.45) is 7.05 Å². The second kappa shape index (κ2) is 4.24. The van der Waals surface area contributed by atoms with Gasteiger partial charge in [0.15, 0.2) is 11.5 Å². The van der Waals surface area contributed by atoms with Crippen LogP contribution in [0.1, 0.15) is 16.2 Å². The minimum atomic E-state index is -4.49. The maximum absolute atomic E-state index is 12.5. The van der Waals surface area contributed by atoms with Gasteiger partial charge in [-0.3, -0.25) is 4.79 Å². The van der Waals surface area contributed by atoms with Gasteiger partial charge < -0.3 is 4.57 Å². The number of pyridine rings is 1. The van der Waals surface area contributed by atoms with E-state index < -0.39 is 17.5 Å². The number of Topliss-reactive ketones (excluding diaryl/α,β-unsaturated/α-hetero) is 1. The molecule has 0 atom stereocenters. The van der Waals surface area contributed by atoms with Crippen LogP contribution in [0.25, 0.3) is 11.2 Å². The number of aryl methyl sites for hydroxylation is 1. The second-order valence-electron chi connectivity index (χ2n) is 3.62. The lowest BCUT2D eigenvalue weighted by atomic mass is 10.2. The summed E-state index contributed by atoms with van der Waals surface area (Å²) in [6.07, 6.45) is -3.78. The maximum atomic E-state index is 12.5. The van der Waals surface area contributed by atoms with E-state index in [1.165, 1.54) is 11.6 Å². The first-order valence-electron chi connectivity index (χ1n) is 4.83. The largest absolute Gasteiger partial charge is 0.417 e. The van der Waals surface area contributed by atoms with Crippen LogP contribution in [0.2, 0.25) is 0 Å². The van der Waals surface area contributed by atoms with Crippen molar-refractivity contribution >= 4 is 28.5 Å². The summed E-state index contributed by atoms with van der Waals surface area (Å²) in [6, 6.07) is 0.855. The number of ketones is 1. The quantitative estimate of drug-likeness (QED) is 0.625. The van der Waals surface area contributed by atoms with Gasteiger partial charge in [-0.05, 0) is 6.07 Å². The van der Waals surface area contributed by atoms with Crippen molar-refractivity contribution in [1.82, 2.24) is 14.5 Å². The molecule has 0 spiro atoms. The Morgan fingerprint density at radius 3 is 2.72 bits per heavy atom. The molecule has 0 bridgehead atoms. The predicted molar refractivity (Wildman–Crippen MR) is 58.6 cm³/mol. The third-order valence-electron chi connectivity index (χ3n) is 2.41. The normalized spacial score (nSPS) is 12.1. The average Bonchev–Trinajstić information content (AvgIpc) is 2.64. The molecule has 2 aromatic heterocycles. The van der Waals surface area contributed by atoms with Crippen LogP contribution >= 0.6 is 11.6 Å². The third-order valence-corrected chi connectivity index (χ3v) is 2.65. The molecule has 2 heterocycles. The molecular weight excluding hydrogens is 271 g/mol. The van der Waals surface area contributed by atoms with E-state index in [4.69, 9.17) is 11.6 Å². The molecule has 0 saturated carbocycles. The highest BCUT2D eigenvalue weighted by Gasteiger charge is 2.31. The van der Waals surface area contributed by atoms with Crippen molar-refractivity contribution in [2.45, 2.75) is 6.18 Å². The van der Waals surface area contributed by atoms with Crippen molar-refractivity contribution in [1.29, 1.82) is 0 Å². The van der Waals surface area contributed by atoms with E-state index >= 15 is 0 Å². The van der Waals surface area contributed by atoms with E-state index in [1.807, 2.05) is 0 Å². The fourth-order valence-corrected chi connectivity index (χ4v) is 1.66. The standard InChI is InChI=1S/C10H7ClF3N3O/c1-17-8-6(16-9(17)7(18)3-11)2-5(4-15-8)10(12,13)14/h2,4H,3H2,1H3. The summed E-state index contributed by atoms with van der Waals surface area (Å²) in [4.78, 5) is 18.9. The Morgan fingerprint density at radius 1 is 1.50 bits per heavy atom. The first kappa shape index (κ1) is 12.8. The van der Waals surface area contributed by atoms with Crippen LogP contribution in [0.3, 0.4) is 0 Å². The summed E-state index contributed by atoms with van der Waals surface area (Å²) >= 11 is 5.39. The molecular formula is C10H7ClF3N3O. The summed E-state index contributed by atoms with van der Waals surface area (Å²) in [6.45, 7) is 0. The molecule has 0 aliphatic heterocycles. The molecule has 18 heavy (non-hydrogen) atoms. The van der Waals surface area contributed by atoms with E-state index in [9.17, 15) is 18.0 Å². The van der Waals surface area contributed by atoms with Gasteiger partial charge in [0.2, 0.25) is 5.78 Å². The van der Waals surface area contributed by atoms with Crippen molar-refractivity contribution in [3.05, 3.63) is 23.7 Å². The predicted octanol–water partition coefficient (Wildman–Crippen LogP) is 2.41. The van der Waals surface area contributed by atoms with Gasteiger partial charge in [0.05, 0.1) is 11.4 Å². The number of aromatic nitrogens is 3. The van der Waals surface area contributed by atoms with Gasteiger partial charge in [-0.2, -0.15) is 13.2 Å². The first-order chi connectivity index (χ1) is 8.34. The molecule has 0 fully saturated rings. The van der Waals surface area contributed by atoms with Gasteiger partial charge >= 0.3 is 6.18 Å². The number of hydrogen-bond acceptors (Lipinski definition) is 3. The van der Waals surface area contributed by atoms with E-state index in [-0.39, 0.29) is 22.9 Å². The average molecular weight is 278 g/mol. The molecule has 8 heteroatoms. The van der Waals surface area contributed by atoms with Crippen molar-refractivity contribution in [2.75, 3.05) is 5.88 Å². The summed E-state index contributed by atoms with van der Waals surface area (Å²) in [5.41, 5.74) is -0.685. The molecule has 4 nitrogen and oxygen atoms in total. The summed E-state index contributed by atoms with van der Waals surface area (Å²) in [7, 11) is 1.50. The lowest BCUT2D eigenvalue weighted by Crippen LogP contribution is -2.08. The number of carbonyl (C=O) groups is 1. The highest BCUT2D eigenvalue weighted by atomic mass is 35.5. The highest BCUT2D eigenvalue weighted by molar-refractivity contribution is 6.30. The fraction of sp³-hybridized carbons (Fsp3) is 0.300. The molecule has 0 saturated heterocycles. The highest BCUT2D eigenvalue weighted by Crippen LogP contribution is 2.30. The molecule has 0 N–H and O–H groups in total. The van der Waals surface area contributed by atoms with E-state index in [0.29, 0.717) is 6.20 Å². The Labute approximate surface area is 104 Å². The Kier molecular flexibility index (Phi) is 3.02. The Hall–Kier alpha value is -1.63. The van der Waals surface area contributed by atoms with E-state index in [0.717, 1.165) is 6.07 Å². The molecule has 0 amide bonds. The van der Waals surface area contributed by atoms with Crippen LogP contribution < -0.4 is 0 Å². The maximum Gasteiger partial charge on any atom is 0.417 e. The number of alkyl halides is 4. The summed E-state index contributed by atoms with van der Waals surface area (Å²) < 4.78 is 38.8. The lowest BCUT2D eigenvalue weighted by Gasteiger charge is -2.04. The number of hydrogen-bond donors (Lipinski definition) is 0. The van der Waals surface area contributed by atoms with Crippen LogP contribution in [0.15, 0.2) is 12.3 Å². The third kappa shape index (κ3) is 2.05. The van der Waals surface area contributed by atoms with Crippen molar-refractivity contribution in [3.63, 3.8) is 0 Å². The number of carbonyl (C=O) groups excluding carboxylic acids is 1. The molecule has 0 aliphatic carbocycles. The number of imidazole rings is 1. The number of nitrogens with zero attached hydrogens (tertiary/aromatic N) is 3. The molecule has 0 aromatic carbocycles. The zero-order valence-electron chi connectivity index (χ0n) is 9.12. The van der Waals surface area contributed by atoms with Crippen LogP contribution in [-0.2, 0) is 13.2 Å². The number of fused-ring (bicyclic) bond motifs is 1. The van der Waals surface area contributed by atoms with Crippen LogP contribution in [0, 0.1) is 0 Å². The SMILES string of the molecule is Cn1c(C(=O)CCl)nc2cc(C(F)(F)F)cnc21. The van der Waals surface area contributed by atoms with Gasteiger partial charge in [-0.1, -0.05) is 0 Å². The van der Waals surface area contributed by atoms with Gasteiger partial charge in [0.25, 0.3) is 0 Å². The Morgan fingerprint density at radius 2 is 2.17 bits per heavy atom. The fourth-order valence-electron chi connectivity index (χ4n) is 1.54. The monoisotopic (exact) mass is 277 g/mol. The van der Waals surface area contributed by atoms with Gasteiger partial charge in [0, 0.05) is 13.2 Å². The number of rotatable bonds is 2. The smallest absolute Gasteiger partial charge is 0.309 e. The Bertz CT molecular complexity index is 621. The summed E-state index contributed by atoms with van der Waals surface area (Å²) in [5, 5.41) is 0. The molecule has 96 valence electrons. The minimum absolute atomic E-state index is 0.00757. The van der Waals surface area contributed by atoms with E-state index in [1.54, 1.807) is 0 Å². The number of halogens is 4. The van der Waals surface area contributed by atoms with Crippen LogP contribution in [-0.4, -0.2) is 26.2 Å². The van der Waals surface area contributed by atoms with Crippen LogP contribution in [0.5, 0.6) is 0 Å². The van der Waals surface area contributed by atoms with E-state index in [2.05, 4.69) is 9.97 Å². The molecule has 2 rings (SSSR count). The van der Waals surface area contributed by atoms with Crippen LogP contribution in [0.4, 0.5) is 13.2 Å². The van der Waals surface area contributed by atoms with Gasteiger partial charge in [-0.25, -0.2) is 9.97 Å². The molecule has 0 aliphatic rings. The van der Waals surface area contributed by atoms with Crippen molar-refractivity contribution < 1.29 is 18.0 Å². The zero-order chi connectivity index (χ0) is 13.5. The first-order valence-corrected chi connectivity index (χ1v) is 5.37. The zero-order valence-corrected chi connectivity index (χ0v) is 9.88.